The van der Waals surface area contributed by atoms with Gasteiger partial charge in [0.25, 0.3) is 0 Å². The quantitative estimate of drug-likeness (QED) is 0.572. The Kier molecular flexibility index (Phi) is 6.79. The van der Waals surface area contributed by atoms with Crippen LogP contribution < -0.4 is 10.6 Å². The zero-order chi connectivity index (χ0) is 20.6. The van der Waals surface area contributed by atoms with E-state index in [1.165, 1.54) is 0 Å². The minimum atomic E-state index is -0.124. The Morgan fingerprint density at radius 2 is 1.55 bits per heavy atom. The number of amides is 2. The molecule has 0 aliphatic rings. The Labute approximate surface area is 170 Å². The summed E-state index contributed by atoms with van der Waals surface area (Å²) in [7, 11) is 0. The number of nitrogens with zero attached hydrogens (tertiary/aromatic N) is 1. The molecule has 0 saturated carbocycles. The van der Waals surface area contributed by atoms with Gasteiger partial charge in [-0.2, -0.15) is 0 Å². The van der Waals surface area contributed by atoms with Gasteiger partial charge in [-0.1, -0.05) is 44.2 Å². The molecule has 3 rings (SSSR count). The van der Waals surface area contributed by atoms with E-state index in [0.29, 0.717) is 41.8 Å². The Morgan fingerprint density at radius 3 is 2.17 bits per heavy atom. The molecule has 0 aliphatic carbocycles. The molecule has 29 heavy (non-hydrogen) atoms. The maximum atomic E-state index is 12.2. The molecule has 0 radical (unpaired) electrons. The fourth-order valence-corrected chi connectivity index (χ4v) is 2.83. The third-order valence-corrected chi connectivity index (χ3v) is 4.22. The highest BCUT2D eigenvalue weighted by atomic mass is 16.4. The predicted octanol–water partition coefficient (Wildman–Crippen LogP) is 4.90. The summed E-state index contributed by atoms with van der Waals surface area (Å²) in [5, 5.41) is 5.69. The highest BCUT2D eigenvalue weighted by molar-refractivity contribution is 5.93. The number of hydrogen-bond donors (Lipinski definition) is 2. The molecule has 2 N–H and O–H groups in total. The number of nitrogens with one attached hydrogen (secondary N) is 2. The first-order valence-corrected chi connectivity index (χ1v) is 9.69. The highest BCUT2D eigenvalue weighted by Crippen LogP contribution is 2.20. The third kappa shape index (κ3) is 6.31. The SMILES string of the molecule is CC(C)CC(=O)Nc1ccc(NC(=O)CCc2ncc(-c3ccccc3)o2)cc1. The van der Waals surface area contributed by atoms with Gasteiger partial charge >= 0.3 is 0 Å². The Hall–Kier alpha value is -3.41. The Balaban J connectivity index is 1.47. The van der Waals surface area contributed by atoms with Gasteiger partial charge in [0.05, 0.1) is 6.20 Å². The molecule has 0 atom stereocenters. The third-order valence-electron chi connectivity index (χ3n) is 4.22. The summed E-state index contributed by atoms with van der Waals surface area (Å²) in [6.07, 6.45) is 2.84. The first-order valence-electron chi connectivity index (χ1n) is 9.69. The van der Waals surface area contributed by atoms with Crippen molar-refractivity contribution < 1.29 is 14.0 Å². The van der Waals surface area contributed by atoms with E-state index in [2.05, 4.69) is 15.6 Å². The first kappa shape index (κ1) is 20.3. The number of aromatic nitrogens is 1. The van der Waals surface area contributed by atoms with Crippen LogP contribution in [0, 0.1) is 5.92 Å². The molecule has 0 unspecified atom stereocenters. The van der Waals surface area contributed by atoms with Gasteiger partial charge in [-0.3, -0.25) is 9.59 Å². The summed E-state index contributed by atoms with van der Waals surface area (Å²) in [6, 6.07) is 16.8. The van der Waals surface area contributed by atoms with E-state index in [9.17, 15) is 9.59 Å². The predicted molar refractivity (Wildman–Crippen MR) is 113 cm³/mol. The van der Waals surface area contributed by atoms with E-state index in [1.54, 1.807) is 30.5 Å². The van der Waals surface area contributed by atoms with Gasteiger partial charge in [0.15, 0.2) is 11.7 Å². The molecule has 6 heteroatoms. The molecule has 0 saturated heterocycles. The van der Waals surface area contributed by atoms with Crippen molar-refractivity contribution in [3.63, 3.8) is 0 Å². The van der Waals surface area contributed by atoms with Gasteiger partial charge < -0.3 is 15.1 Å². The fourth-order valence-electron chi connectivity index (χ4n) is 2.83. The van der Waals surface area contributed by atoms with E-state index in [0.717, 1.165) is 5.56 Å². The van der Waals surface area contributed by atoms with Crippen LogP contribution in [-0.2, 0) is 16.0 Å². The lowest BCUT2D eigenvalue weighted by molar-refractivity contribution is -0.117. The van der Waals surface area contributed by atoms with Crippen LogP contribution in [-0.4, -0.2) is 16.8 Å². The number of aryl methyl sites for hydroxylation is 1. The van der Waals surface area contributed by atoms with Crippen LogP contribution in [0.3, 0.4) is 0 Å². The molecule has 1 heterocycles. The van der Waals surface area contributed by atoms with Crippen molar-refractivity contribution in [2.24, 2.45) is 5.92 Å². The van der Waals surface area contributed by atoms with E-state index in [-0.39, 0.29) is 18.2 Å². The molecular weight excluding hydrogens is 366 g/mol. The summed E-state index contributed by atoms with van der Waals surface area (Å²) in [6.45, 7) is 4.00. The Morgan fingerprint density at radius 1 is 0.931 bits per heavy atom. The van der Waals surface area contributed by atoms with Gasteiger partial charge in [0.1, 0.15) is 0 Å². The van der Waals surface area contributed by atoms with Crippen molar-refractivity contribution in [2.75, 3.05) is 10.6 Å². The zero-order valence-corrected chi connectivity index (χ0v) is 16.6. The van der Waals surface area contributed by atoms with Crippen LogP contribution in [0.1, 0.15) is 32.6 Å². The second-order valence-corrected chi connectivity index (χ2v) is 7.26. The molecule has 0 fully saturated rings. The van der Waals surface area contributed by atoms with Crippen LogP contribution in [0.15, 0.2) is 65.2 Å². The minimum Gasteiger partial charge on any atom is -0.441 e. The van der Waals surface area contributed by atoms with Crippen molar-refractivity contribution in [3.05, 3.63) is 66.7 Å². The van der Waals surface area contributed by atoms with Gasteiger partial charge in [0.2, 0.25) is 11.8 Å². The molecule has 2 aromatic carbocycles. The molecular formula is C23H25N3O3. The minimum absolute atomic E-state index is 0.0161. The highest BCUT2D eigenvalue weighted by Gasteiger charge is 2.10. The van der Waals surface area contributed by atoms with Gasteiger partial charge in [-0.25, -0.2) is 4.98 Å². The molecule has 6 nitrogen and oxygen atoms in total. The number of benzene rings is 2. The maximum Gasteiger partial charge on any atom is 0.224 e. The summed E-state index contributed by atoms with van der Waals surface area (Å²) < 4.78 is 5.72. The molecule has 0 aliphatic heterocycles. The summed E-state index contributed by atoms with van der Waals surface area (Å²) in [5.41, 5.74) is 2.34. The molecule has 0 spiro atoms. The van der Waals surface area contributed by atoms with E-state index in [1.807, 2.05) is 44.2 Å². The standard InChI is InChI=1S/C23H25N3O3/c1-16(2)14-22(28)26-19-10-8-18(9-11-19)25-21(27)12-13-23-24-15-20(29-23)17-6-4-3-5-7-17/h3-11,15-16H,12-14H2,1-2H3,(H,25,27)(H,26,28). The number of anilines is 2. The summed E-state index contributed by atoms with van der Waals surface area (Å²) in [5.74, 6) is 1.39. The largest absolute Gasteiger partial charge is 0.441 e. The van der Waals surface area contributed by atoms with Crippen LogP contribution in [0.25, 0.3) is 11.3 Å². The zero-order valence-electron chi connectivity index (χ0n) is 16.6. The van der Waals surface area contributed by atoms with Crippen molar-refractivity contribution in [1.29, 1.82) is 0 Å². The van der Waals surface area contributed by atoms with Crippen LogP contribution in [0.5, 0.6) is 0 Å². The fraction of sp³-hybridized carbons (Fsp3) is 0.261. The van der Waals surface area contributed by atoms with E-state index >= 15 is 0 Å². The van der Waals surface area contributed by atoms with Crippen molar-refractivity contribution in [1.82, 2.24) is 4.98 Å². The molecule has 150 valence electrons. The lowest BCUT2D eigenvalue weighted by atomic mass is 10.1. The average molecular weight is 391 g/mol. The summed E-state index contributed by atoms with van der Waals surface area (Å²) in [4.78, 5) is 28.2. The van der Waals surface area contributed by atoms with Crippen LogP contribution in [0.2, 0.25) is 0 Å². The number of carbonyl (C=O) groups excluding carboxylic acids is 2. The number of rotatable bonds is 8. The lowest BCUT2D eigenvalue weighted by Gasteiger charge is -2.09. The topological polar surface area (TPSA) is 84.2 Å². The van der Waals surface area contributed by atoms with Crippen LogP contribution in [0.4, 0.5) is 11.4 Å². The first-order chi connectivity index (χ1) is 14.0. The van der Waals surface area contributed by atoms with Gasteiger partial charge in [-0.15, -0.1) is 0 Å². The van der Waals surface area contributed by atoms with Crippen molar-refractivity contribution >= 4 is 23.2 Å². The normalized spacial score (nSPS) is 10.7. The van der Waals surface area contributed by atoms with E-state index < -0.39 is 0 Å². The van der Waals surface area contributed by atoms with Crippen molar-refractivity contribution in [3.8, 4) is 11.3 Å². The molecule has 3 aromatic rings. The van der Waals surface area contributed by atoms with Crippen molar-refractivity contribution in [2.45, 2.75) is 33.1 Å². The summed E-state index contributed by atoms with van der Waals surface area (Å²) >= 11 is 0. The number of hydrogen-bond acceptors (Lipinski definition) is 4. The smallest absolute Gasteiger partial charge is 0.224 e. The van der Waals surface area contributed by atoms with Gasteiger partial charge in [-0.05, 0) is 30.2 Å². The molecule has 2 amide bonds. The second kappa shape index (κ2) is 9.68. The molecule has 1 aromatic heterocycles. The second-order valence-electron chi connectivity index (χ2n) is 7.26. The molecule has 0 bridgehead atoms. The maximum absolute atomic E-state index is 12.2. The average Bonchev–Trinajstić information content (AvgIpc) is 3.17. The van der Waals surface area contributed by atoms with Gasteiger partial charge in [0, 0.05) is 36.2 Å². The number of carbonyl (C=O) groups is 2. The lowest BCUT2D eigenvalue weighted by Crippen LogP contribution is -2.14. The van der Waals surface area contributed by atoms with Crippen LogP contribution >= 0.6 is 0 Å². The van der Waals surface area contributed by atoms with E-state index in [4.69, 9.17) is 4.42 Å². The monoisotopic (exact) mass is 391 g/mol. The number of oxazole rings is 1. The Bertz CT molecular complexity index is 947.